The van der Waals surface area contributed by atoms with Crippen LogP contribution in [0.25, 0.3) is 0 Å². The maximum atomic E-state index is 13.5. The van der Waals surface area contributed by atoms with Crippen LogP contribution in [-0.2, 0) is 33.2 Å². The van der Waals surface area contributed by atoms with Gasteiger partial charge < -0.3 is 74.4 Å². The molecule has 8 fully saturated rings. The molecular formula is C43H70O16. The van der Waals surface area contributed by atoms with Crippen LogP contribution >= 0.6 is 0 Å². The van der Waals surface area contributed by atoms with E-state index in [-0.39, 0.29) is 46.7 Å². The molecule has 3 saturated heterocycles. The van der Waals surface area contributed by atoms with Gasteiger partial charge in [0.1, 0.15) is 54.9 Å². The van der Waals surface area contributed by atoms with Gasteiger partial charge in [-0.2, -0.15) is 0 Å². The standard InChI is InChI=1S/C43H70O16/c1-19-15-22(33(38(5,6)52)55-20(2)45)59-43(53)32(19)39(7)13-14-42-18-41(42)12-11-26(57-34-30(50)27(47)21(46)17-54-34)37(3,4)24(41)9-10-25(42)40(39,8)36(43)58-35-31(51)29(49)28(48)23(16-44)56-35/h19,21-36,44,46-53H,9-18H2,1-8H3/t19-,21-,22-,23-,24?,25?,26+,27+,28-,29+,30-,31-,32-,33+,34+,35+,36-,39-,40-,41-,42+,43?/m1/s1. The second-order valence-electron chi connectivity index (χ2n) is 21.6. The number of rotatable bonds is 8. The Labute approximate surface area is 346 Å². The molecule has 9 N–H and O–H groups in total. The number of aliphatic hydroxyl groups excluding tert-OH is 7. The van der Waals surface area contributed by atoms with Crippen molar-refractivity contribution >= 4 is 5.97 Å². The van der Waals surface area contributed by atoms with Crippen LogP contribution in [0.2, 0.25) is 0 Å². The molecule has 0 amide bonds. The molecule has 3 aliphatic heterocycles. The van der Waals surface area contributed by atoms with Crippen molar-refractivity contribution in [1.29, 1.82) is 0 Å². The second-order valence-corrected chi connectivity index (χ2v) is 21.6. The molecule has 16 heteroatoms. The van der Waals surface area contributed by atoms with Crippen LogP contribution in [0.15, 0.2) is 0 Å². The number of hydrogen-bond acceptors (Lipinski definition) is 16. The highest BCUT2D eigenvalue weighted by atomic mass is 16.7. The molecule has 0 aromatic carbocycles. The number of fused-ring (bicyclic) bond motifs is 4. The predicted octanol–water partition coefficient (Wildman–Crippen LogP) is 0.471. The van der Waals surface area contributed by atoms with Gasteiger partial charge in [0.15, 0.2) is 24.5 Å². The summed E-state index contributed by atoms with van der Waals surface area (Å²) in [5.41, 5.74) is -3.61. The average molecular weight is 843 g/mol. The number of ether oxygens (including phenoxy) is 6. The Morgan fingerprint density at radius 1 is 0.847 bits per heavy atom. The Morgan fingerprint density at radius 3 is 2.14 bits per heavy atom. The van der Waals surface area contributed by atoms with Crippen LogP contribution in [0.5, 0.6) is 0 Å². The monoisotopic (exact) mass is 842 g/mol. The van der Waals surface area contributed by atoms with Gasteiger partial charge in [0.25, 0.3) is 0 Å². The number of hydrogen-bond donors (Lipinski definition) is 9. The predicted molar refractivity (Wildman–Crippen MR) is 204 cm³/mol. The lowest BCUT2D eigenvalue weighted by Gasteiger charge is -2.64. The highest BCUT2D eigenvalue weighted by Gasteiger charge is 2.87. The van der Waals surface area contributed by atoms with Crippen LogP contribution in [0.3, 0.4) is 0 Å². The smallest absolute Gasteiger partial charge is 0.303 e. The molecule has 0 aromatic rings. The first-order valence-electron chi connectivity index (χ1n) is 21.9. The van der Waals surface area contributed by atoms with Crippen LogP contribution < -0.4 is 0 Å². The van der Waals surface area contributed by atoms with Crippen molar-refractivity contribution in [3.05, 3.63) is 0 Å². The Hall–Kier alpha value is -1.09. The van der Waals surface area contributed by atoms with Crippen molar-refractivity contribution < 1.29 is 79.2 Å². The van der Waals surface area contributed by atoms with E-state index in [1.54, 1.807) is 0 Å². The fraction of sp³-hybridized carbons (Fsp3) is 0.977. The molecule has 22 atom stereocenters. The van der Waals surface area contributed by atoms with Crippen molar-refractivity contribution in [3.63, 3.8) is 0 Å². The molecule has 8 aliphatic rings. The van der Waals surface area contributed by atoms with Gasteiger partial charge in [0, 0.05) is 18.3 Å². The first-order chi connectivity index (χ1) is 27.4. The number of carbonyl (C=O) groups excluding carboxylic acids is 1. The minimum atomic E-state index is -2.07. The van der Waals surface area contributed by atoms with Gasteiger partial charge in [0.2, 0.25) is 0 Å². The van der Waals surface area contributed by atoms with E-state index in [4.69, 9.17) is 28.4 Å². The van der Waals surface area contributed by atoms with Gasteiger partial charge in [-0.3, -0.25) is 4.79 Å². The highest BCUT2D eigenvalue weighted by Crippen LogP contribution is 2.90. The molecule has 0 aromatic heterocycles. The number of carbonyl (C=O) groups is 1. The molecule has 3 heterocycles. The summed E-state index contributed by atoms with van der Waals surface area (Å²) in [5.74, 6) is -3.23. The largest absolute Gasteiger partial charge is 0.457 e. The summed E-state index contributed by atoms with van der Waals surface area (Å²) in [5, 5.41) is 99.1. The minimum absolute atomic E-state index is 0.0179. The maximum Gasteiger partial charge on any atom is 0.303 e. The van der Waals surface area contributed by atoms with E-state index in [0.717, 1.165) is 38.5 Å². The summed E-state index contributed by atoms with van der Waals surface area (Å²) in [6, 6.07) is 0. The lowest BCUT2D eigenvalue weighted by Crippen LogP contribution is -2.65. The van der Waals surface area contributed by atoms with Crippen molar-refractivity contribution in [3.8, 4) is 0 Å². The summed E-state index contributed by atoms with van der Waals surface area (Å²) in [6.07, 6.45) is -10.5. The SMILES string of the molecule is CC(=O)O[C@@H]([C@H]1C[C@@H](C)[C@H]2C(O)(O1)[C@H](O[C@@H]1O[C@H](CO)[C@@H](O)[C@H](O)[C@H]1O)[C@@]1(C)C3CCC4C(C)(C)[C@@H](O[C@@H]5OC[C@@H](O)[C@H](O)[C@H]5O)CC[C@@]45C[C@@]35CC[C@]21C)C(C)(C)O. The Balaban J connectivity index is 1.17. The van der Waals surface area contributed by atoms with Crippen molar-refractivity contribution in [2.75, 3.05) is 13.2 Å². The number of esters is 1. The zero-order chi connectivity index (χ0) is 43.2. The van der Waals surface area contributed by atoms with Gasteiger partial charge in [-0.15, -0.1) is 0 Å². The first-order valence-corrected chi connectivity index (χ1v) is 21.9. The van der Waals surface area contributed by atoms with E-state index >= 15 is 0 Å². The molecule has 338 valence electrons. The van der Waals surface area contributed by atoms with Crippen molar-refractivity contribution in [2.24, 2.45) is 50.7 Å². The Morgan fingerprint density at radius 2 is 1.49 bits per heavy atom. The zero-order valence-electron chi connectivity index (χ0n) is 35.8. The van der Waals surface area contributed by atoms with E-state index in [9.17, 15) is 50.8 Å². The molecule has 0 bridgehead atoms. The summed E-state index contributed by atoms with van der Waals surface area (Å²) < 4.78 is 37.6. The molecule has 16 nitrogen and oxygen atoms in total. The highest BCUT2D eigenvalue weighted by molar-refractivity contribution is 5.66. The van der Waals surface area contributed by atoms with Crippen LogP contribution in [0.1, 0.15) is 107 Å². The number of aliphatic hydroxyl groups is 9. The van der Waals surface area contributed by atoms with Crippen molar-refractivity contribution in [1.82, 2.24) is 0 Å². The van der Waals surface area contributed by atoms with Gasteiger partial charge in [-0.25, -0.2) is 0 Å². The maximum absolute atomic E-state index is 13.5. The third kappa shape index (κ3) is 6.16. The Kier molecular flexibility index (Phi) is 10.9. The summed E-state index contributed by atoms with van der Waals surface area (Å²) in [7, 11) is 0. The van der Waals surface area contributed by atoms with E-state index in [1.165, 1.54) is 20.8 Å². The summed E-state index contributed by atoms with van der Waals surface area (Å²) >= 11 is 0. The topological polar surface area (TPSA) is 255 Å². The molecule has 2 spiro atoms. The van der Waals surface area contributed by atoms with Gasteiger partial charge >= 0.3 is 5.97 Å². The van der Waals surface area contributed by atoms with Crippen LogP contribution in [-0.4, -0.2) is 156 Å². The Bertz CT molecular complexity index is 1600. The quantitative estimate of drug-likeness (QED) is 0.119. The van der Waals surface area contributed by atoms with Gasteiger partial charge in [0.05, 0.1) is 24.9 Å². The van der Waals surface area contributed by atoms with Gasteiger partial charge in [-0.1, -0.05) is 34.6 Å². The van der Waals surface area contributed by atoms with Crippen LogP contribution in [0, 0.1) is 50.7 Å². The summed E-state index contributed by atoms with van der Waals surface area (Å²) in [6.45, 7) is 14.3. The molecule has 59 heavy (non-hydrogen) atoms. The normalized spacial score (nSPS) is 55.7. The average Bonchev–Trinajstić information content (AvgIpc) is 3.79. The van der Waals surface area contributed by atoms with Crippen LogP contribution in [0.4, 0.5) is 0 Å². The third-order valence-corrected chi connectivity index (χ3v) is 18.0. The molecule has 3 unspecified atom stereocenters. The summed E-state index contributed by atoms with van der Waals surface area (Å²) in [4.78, 5) is 12.4. The lowest BCUT2D eigenvalue weighted by molar-refractivity contribution is -0.384. The zero-order valence-corrected chi connectivity index (χ0v) is 35.8. The van der Waals surface area contributed by atoms with E-state index in [2.05, 4.69) is 27.7 Å². The minimum Gasteiger partial charge on any atom is -0.457 e. The third-order valence-electron chi connectivity index (χ3n) is 18.0. The van der Waals surface area contributed by atoms with E-state index < -0.39 is 114 Å². The van der Waals surface area contributed by atoms with E-state index in [0.29, 0.717) is 12.8 Å². The fourth-order valence-corrected chi connectivity index (χ4v) is 15.3. The second kappa shape index (κ2) is 14.5. The van der Waals surface area contributed by atoms with E-state index in [1.807, 2.05) is 6.92 Å². The lowest BCUT2D eigenvalue weighted by atomic mass is 9.41. The molecular weight excluding hydrogens is 772 g/mol. The molecule has 5 aliphatic carbocycles. The molecule has 8 rings (SSSR count). The van der Waals surface area contributed by atoms with Gasteiger partial charge in [-0.05, 0) is 105 Å². The molecule has 5 saturated carbocycles. The fourth-order valence-electron chi connectivity index (χ4n) is 15.3. The molecule has 0 radical (unpaired) electrons. The first kappa shape index (κ1) is 44.5. The van der Waals surface area contributed by atoms with Crippen molar-refractivity contribution in [2.45, 2.75) is 198 Å².